The van der Waals surface area contributed by atoms with E-state index < -0.39 is 0 Å². The van der Waals surface area contributed by atoms with Gasteiger partial charge in [0.1, 0.15) is 0 Å². The number of hydrogen-bond acceptors (Lipinski definition) is 3. The number of benzene rings is 2. The molecule has 0 bridgehead atoms. The number of para-hydroxylation sites is 2. The Labute approximate surface area is 126 Å². The number of rotatable bonds is 4. The van der Waals surface area contributed by atoms with E-state index >= 15 is 0 Å². The molecule has 4 nitrogen and oxygen atoms in total. The van der Waals surface area contributed by atoms with Crippen molar-refractivity contribution in [3.05, 3.63) is 54.1 Å². The van der Waals surface area contributed by atoms with Crippen LogP contribution in [0.1, 0.15) is 10.4 Å². The van der Waals surface area contributed by atoms with E-state index in [2.05, 4.69) is 5.32 Å². The molecule has 2 aromatic carbocycles. The normalized spacial score (nSPS) is 10.1. The quantitative estimate of drug-likeness (QED) is 0.936. The maximum Gasteiger partial charge on any atom is 0.258 e. The predicted molar refractivity (Wildman–Crippen MR) is 89.5 cm³/mol. The summed E-state index contributed by atoms with van der Waals surface area (Å²) in [4.78, 5) is 16.3. The molecule has 1 amide bonds. The first-order valence-electron chi connectivity index (χ1n) is 6.87. The van der Waals surface area contributed by atoms with Crippen molar-refractivity contribution in [2.75, 3.05) is 43.3 Å². The molecule has 2 aromatic rings. The Bertz CT molecular complexity index is 620. The molecule has 0 radical (unpaired) electrons. The monoisotopic (exact) mass is 283 g/mol. The van der Waals surface area contributed by atoms with Gasteiger partial charge in [0.15, 0.2) is 0 Å². The Hall–Kier alpha value is -2.49. The van der Waals surface area contributed by atoms with Crippen LogP contribution in [0.5, 0.6) is 0 Å². The van der Waals surface area contributed by atoms with Gasteiger partial charge >= 0.3 is 0 Å². The van der Waals surface area contributed by atoms with E-state index in [1.54, 1.807) is 11.9 Å². The second kappa shape index (κ2) is 6.31. The van der Waals surface area contributed by atoms with Crippen LogP contribution >= 0.6 is 0 Å². The summed E-state index contributed by atoms with van der Waals surface area (Å²) in [6, 6.07) is 15.4. The smallest absolute Gasteiger partial charge is 0.258 e. The van der Waals surface area contributed by atoms with Gasteiger partial charge in [0.05, 0.1) is 11.4 Å². The first kappa shape index (κ1) is 14.9. The zero-order valence-electron chi connectivity index (χ0n) is 12.9. The van der Waals surface area contributed by atoms with E-state index in [-0.39, 0.29) is 5.91 Å². The van der Waals surface area contributed by atoms with Crippen LogP contribution in [-0.4, -0.2) is 34.1 Å². The molecular weight excluding hydrogens is 262 g/mol. The average molecular weight is 283 g/mol. The number of carbonyl (C=O) groups is 1. The summed E-state index contributed by atoms with van der Waals surface area (Å²) in [7, 11) is 7.60. The van der Waals surface area contributed by atoms with Crippen molar-refractivity contribution in [3.63, 3.8) is 0 Å². The molecular formula is C17H21N3O. The molecule has 0 heterocycles. The summed E-state index contributed by atoms with van der Waals surface area (Å²) in [5.41, 5.74) is 3.54. The Morgan fingerprint density at radius 1 is 0.952 bits per heavy atom. The highest BCUT2D eigenvalue weighted by Crippen LogP contribution is 2.25. The van der Waals surface area contributed by atoms with Gasteiger partial charge in [-0.25, -0.2) is 0 Å². The van der Waals surface area contributed by atoms with Gasteiger partial charge in [0, 0.05) is 39.4 Å². The zero-order chi connectivity index (χ0) is 15.4. The molecule has 0 atom stereocenters. The lowest BCUT2D eigenvalue weighted by atomic mass is 10.1. The lowest BCUT2D eigenvalue weighted by Crippen LogP contribution is -2.27. The Morgan fingerprint density at radius 3 is 2.14 bits per heavy atom. The maximum atomic E-state index is 12.6. The first-order chi connectivity index (χ1) is 10.0. The molecule has 0 spiro atoms. The van der Waals surface area contributed by atoms with Crippen molar-refractivity contribution in [1.82, 2.24) is 0 Å². The molecule has 0 aromatic heterocycles. The average Bonchev–Trinajstić information content (AvgIpc) is 2.53. The molecule has 0 unspecified atom stereocenters. The summed E-state index contributed by atoms with van der Waals surface area (Å²) in [5.74, 6) is -0.0250. The molecule has 1 N–H and O–H groups in total. The molecule has 0 aliphatic heterocycles. The highest BCUT2D eigenvalue weighted by molar-refractivity contribution is 6.07. The number of nitrogens with one attached hydrogen (secondary N) is 1. The number of carbonyl (C=O) groups excluding carboxylic acids is 1. The van der Waals surface area contributed by atoms with Gasteiger partial charge in [-0.15, -0.1) is 0 Å². The van der Waals surface area contributed by atoms with E-state index in [0.717, 1.165) is 17.1 Å². The van der Waals surface area contributed by atoms with E-state index in [1.807, 2.05) is 74.6 Å². The summed E-state index contributed by atoms with van der Waals surface area (Å²) < 4.78 is 0. The molecule has 0 saturated heterocycles. The van der Waals surface area contributed by atoms with Crippen LogP contribution in [0, 0.1) is 0 Å². The van der Waals surface area contributed by atoms with Crippen LogP contribution in [0.3, 0.4) is 0 Å². The highest BCUT2D eigenvalue weighted by atomic mass is 16.2. The van der Waals surface area contributed by atoms with Gasteiger partial charge in [0.2, 0.25) is 0 Å². The summed E-state index contributed by atoms with van der Waals surface area (Å²) in [5, 5.41) is 3.11. The number of amides is 1. The van der Waals surface area contributed by atoms with Gasteiger partial charge in [-0.3, -0.25) is 4.79 Å². The SMILES string of the molecule is CNc1ccccc1N(C)C(=O)c1ccc(N(C)C)cc1. The lowest BCUT2D eigenvalue weighted by Gasteiger charge is -2.21. The Balaban J connectivity index is 2.26. The fraction of sp³-hybridized carbons (Fsp3) is 0.235. The van der Waals surface area contributed by atoms with Gasteiger partial charge < -0.3 is 15.1 Å². The van der Waals surface area contributed by atoms with Crippen LogP contribution in [0.25, 0.3) is 0 Å². The highest BCUT2D eigenvalue weighted by Gasteiger charge is 2.15. The lowest BCUT2D eigenvalue weighted by molar-refractivity contribution is 0.0993. The van der Waals surface area contributed by atoms with Crippen molar-refractivity contribution in [2.45, 2.75) is 0 Å². The van der Waals surface area contributed by atoms with E-state index in [9.17, 15) is 4.79 Å². The third-order valence-corrected chi connectivity index (χ3v) is 3.47. The zero-order valence-corrected chi connectivity index (χ0v) is 12.9. The predicted octanol–water partition coefficient (Wildman–Crippen LogP) is 3.07. The van der Waals surface area contributed by atoms with Crippen molar-refractivity contribution >= 4 is 23.0 Å². The first-order valence-corrected chi connectivity index (χ1v) is 6.87. The second-order valence-corrected chi connectivity index (χ2v) is 5.07. The van der Waals surface area contributed by atoms with Crippen molar-refractivity contribution in [3.8, 4) is 0 Å². The number of anilines is 3. The minimum absolute atomic E-state index is 0.0250. The van der Waals surface area contributed by atoms with Crippen LogP contribution in [0.15, 0.2) is 48.5 Å². The molecule has 110 valence electrons. The fourth-order valence-electron chi connectivity index (χ4n) is 2.18. The third-order valence-electron chi connectivity index (χ3n) is 3.47. The molecule has 0 fully saturated rings. The topological polar surface area (TPSA) is 35.6 Å². The summed E-state index contributed by atoms with van der Waals surface area (Å²) in [6.07, 6.45) is 0. The van der Waals surface area contributed by atoms with Gasteiger partial charge in [-0.1, -0.05) is 12.1 Å². The van der Waals surface area contributed by atoms with E-state index in [1.165, 1.54) is 0 Å². The van der Waals surface area contributed by atoms with Crippen LogP contribution in [0.2, 0.25) is 0 Å². The van der Waals surface area contributed by atoms with E-state index in [0.29, 0.717) is 5.56 Å². The third kappa shape index (κ3) is 3.16. The number of hydrogen-bond donors (Lipinski definition) is 1. The molecule has 0 aliphatic rings. The Morgan fingerprint density at radius 2 is 1.57 bits per heavy atom. The molecule has 4 heteroatoms. The summed E-state index contributed by atoms with van der Waals surface area (Å²) in [6.45, 7) is 0. The molecule has 2 rings (SSSR count). The Kier molecular flexibility index (Phi) is 4.48. The van der Waals surface area contributed by atoms with E-state index in [4.69, 9.17) is 0 Å². The standard InChI is InChI=1S/C17H21N3O/c1-18-15-7-5-6-8-16(15)20(4)17(21)13-9-11-14(12-10-13)19(2)3/h5-12,18H,1-4H3. The van der Waals surface area contributed by atoms with Gasteiger partial charge in [-0.2, -0.15) is 0 Å². The second-order valence-electron chi connectivity index (χ2n) is 5.07. The van der Waals surface area contributed by atoms with Gasteiger partial charge in [-0.05, 0) is 36.4 Å². The minimum Gasteiger partial charge on any atom is -0.386 e. The number of nitrogens with zero attached hydrogens (tertiary/aromatic N) is 2. The largest absolute Gasteiger partial charge is 0.386 e. The molecule has 21 heavy (non-hydrogen) atoms. The van der Waals surface area contributed by atoms with Crippen LogP contribution < -0.4 is 15.1 Å². The maximum absolute atomic E-state index is 12.6. The van der Waals surface area contributed by atoms with Crippen LogP contribution in [0.4, 0.5) is 17.1 Å². The van der Waals surface area contributed by atoms with Crippen molar-refractivity contribution < 1.29 is 4.79 Å². The molecule has 0 aliphatic carbocycles. The summed E-state index contributed by atoms with van der Waals surface area (Å²) >= 11 is 0. The van der Waals surface area contributed by atoms with Crippen LogP contribution in [-0.2, 0) is 0 Å². The fourth-order valence-corrected chi connectivity index (χ4v) is 2.18. The van der Waals surface area contributed by atoms with Crippen molar-refractivity contribution in [1.29, 1.82) is 0 Å². The minimum atomic E-state index is -0.0250. The van der Waals surface area contributed by atoms with Crippen molar-refractivity contribution in [2.24, 2.45) is 0 Å². The van der Waals surface area contributed by atoms with Gasteiger partial charge in [0.25, 0.3) is 5.91 Å². The molecule has 0 saturated carbocycles.